The fourth-order valence-electron chi connectivity index (χ4n) is 1.83. The van der Waals surface area contributed by atoms with Crippen LogP contribution < -0.4 is 0 Å². The lowest BCUT2D eigenvalue weighted by atomic mass is 9.98. The van der Waals surface area contributed by atoms with Crippen molar-refractivity contribution in [3.63, 3.8) is 0 Å². The number of benzene rings is 1. The van der Waals surface area contributed by atoms with Crippen molar-refractivity contribution in [2.75, 3.05) is 0 Å². The number of hydrogen-bond acceptors (Lipinski definition) is 0. The second-order valence-electron chi connectivity index (χ2n) is 3.89. The van der Waals surface area contributed by atoms with Crippen LogP contribution in [-0.2, 0) is 0 Å². The van der Waals surface area contributed by atoms with Crippen LogP contribution in [-0.4, -0.2) is 0 Å². The smallest absolute Gasteiger partial charge is 0.0178 e. The first kappa shape index (κ1) is 14.0. The van der Waals surface area contributed by atoms with Crippen LogP contribution in [0.5, 0.6) is 0 Å². The molecule has 92 valence electrons. The van der Waals surface area contributed by atoms with Crippen LogP contribution >= 0.6 is 0 Å². The minimum Gasteiger partial charge on any atom is -0.0990 e. The maximum atomic E-state index is 3.84. The number of allylic oxidation sites excluding steroid dienone is 8. The molecule has 0 amide bonds. The van der Waals surface area contributed by atoms with Gasteiger partial charge in [-0.25, -0.2) is 0 Å². The molecule has 0 heterocycles. The summed E-state index contributed by atoms with van der Waals surface area (Å²) in [5.74, 6) is 0. The zero-order valence-corrected chi connectivity index (χ0v) is 11.2. The summed E-state index contributed by atoms with van der Waals surface area (Å²) in [7, 11) is 0. The molecule has 0 aromatic heterocycles. The Bertz CT molecular complexity index is 511. The van der Waals surface area contributed by atoms with Crippen molar-refractivity contribution in [1.82, 2.24) is 0 Å². The molecule has 0 aliphatic carbocycles. The van der Waals surface area contributed by atoms with Gasteiger partial charge in [0, 0.05) is 0 Å². The monoisotopic (exact) mass is 236 g/mol. The molecule has 0 bridgehead atoms. The third-order valence-corrected chi connectivity index (χ3v) is 2.70. The molecule has 0 spiro atoms. The molecule has 1 aromatic carbocycles. The Balaban J connectivity index is 3.24. The van der Waals surface area contributed by atoms with E-state index in [1.165, 1.54) is 11.1 Å². The van der Waals surface area contributed by atoms with E-state index < -0.39 is 0 Å². The molecule has 1 aromatic rings. The Hall–Kier alpha value is -2.08. The molecule has 0 saturated heterocycles. The molecule has 0 fully saturated rings. The molecule has 0 radical (unpaired) electrons. The SMILES string of the molecule is C=C/C=C(\C=C)c1cccc(C(/C=C\C)=C/C)c1. The van der Waals surface area contributed by atoms with E-state index in [0.29, 0.717) is 0 Å². The predicted molar refractivity (Wildman–Crippen MR) is 83.3 cm³/mol. The average Bonchev–Trinajstić information content (AvgIpc) is 2.42. The van der Waals surface area contributed by atoms with Gasteiger partial charge in [-0.05, 0) is 42.2 Å². The highest BCUT2D eigenvalue weighted by Gasteiger charge is 2.01. The first-order valence-corrected chi connectivity index (χ1v) is 6.11. The highest BCUT2D eigenvalue weighted by molar-refractivity contribution is 5.80. The fraction of sp³-hybridized carbons (Fsp3) is 0.111. The number of rotatable bonds is 5. The first-order valence-electron chi connectivity index (χ1n) is 6.11. The Labute approximate surface area is 110 Å². The van der Waals surface area contributed by atoms with E-state index in [2.05, 4.69) is 62.6 Å². The van der Waals surface area contributed by atoms with E-state index >= 15 is 0 Å². The maximum absolute atomic E-state index is 3.84. The van der Waals surface area contributed by atoms with Gasteiger partial charge in [-0.1, -0.05) is 67.8 Å². The first-order chi connectivity index (χ1) is 8.76. The van der Waals surface area contributed by atoms with Crippen LogP contribution in [0, 0.1) is 0 Å². The highest BCUT2D eigenvalue weighted by Crippen LogP contribution is 2.22. The van der Waals surface area contributed by atoms with Crippen LogP contribution in [0.2, 0.25) is 0 Å². The van der Waals surface area contributed by atoms with Crippen LogP contribution in [0.15, 0.2) is 73.9 Å². The summed E-state index contributed by atoms with van der Waals surface area (Å²) in [5, 5.41) is 0. The molecule has 0 N–H and O–H groups in total. The van der Waals surface area contributed by atoms with Crippen LogP contribution in [0.1, 0.15) is 25.0 Å². The summed E-state index contributed by atoms with van der Waals surface area (Å²) in [5.41, 5.74) is 4.68. The molecule has 0 atom stereocenters. The zero-order valence-electron chi connectivity index (χ0n) is 11.2. The normalized spacial score (nSPS) is 12.8. The Morgan fingerprint density at radius 2 is 1.72 bits per heavy atom. The Kier molecular flexibility index (Phi) is 5.66. The van der Waals surface area contributed by atoms with E-state index in [4.69, 9.17) is 0 Å². The summed E-state index contributed by atoms with van der Waals surface area (Å²) in [6.45, 7) is 11.7. The Morgan fingerprint density at radius 3 is 2.22 bits per heavy atom. The second-order valence-corrected chi connectivity index (χ2v) is 3.89. The van der Waals surface area contributed by atoms with E-state index in [1.807, 2.05) is 19.1 Å². The topological polar surface area (TPSA) is 0 Å². The molecule has 0 aliphatic heterocycles. The molecule has 1 rings (SSSR count). The molecule has 0 aliphatic rings. The van der Waals surface area contributed by atoms with Crippen molar-refractivity contribution in [2.24, 2.45) is 0 Å². The summed E-state index contributed by atoms with van der Waals surface area (Å²) in [6.07, 6.45) is 11.9. The van der Waals surface area contributed by atoms with Crippen LogP contribution in [0.4, 0.5) is 0 Å². The zero-order chi connectivity index (χ0) is 13.4. The summed E-state index contributed by atoms with van der Waals surface area (Å²) < 4.78 is 0. The molecule has 0 heteroatoms. The van der Waals surface area contributed by atoms with E-state index in [9.17, 15) is 0 Å². The van der Waals surface area contributed by atoms with Crippen molar-refractivity contribution in [1.29, 1.82) is 0 Å². The van der Waals surface area contributed by atoms with Gasteiger partial charge in [0.15, 0.2) is 0 Å². The van der Waals surface area contributed by atoms with Crippen LogP contribution in [0.3, 0.4) is 0 Å². The van der Waals surface area contributed by atoms with E-state index in [1.54, 1.807) is 6.08 Å². The lowest BCUT2D eigenvalue weighted by Crippen LogP contribution is -1.85. The fourth-order valence-corrected chi connectivity index (χ4v) is 1.83. The standard InChI is InChI=1S/C18H20/c1-5-10-15(7-3)17-12-9-13-18(14-17)16(8-4)11-6-2/h5-14H,1,3H2,2,4H3/b11-6-,15-10+,16-8+. The minimum absolute atomic E-state index is 1.09. The van der Waals surface area contributed by atoms with Gasteiger partial charge in [-0.3, -0.25) is 0 Å². The predicted octanol–water partition coefficient (Wildman–Crippen LogP) is 5.42. The van der Waals surface area contributed by atoms with Gasteiger partial charge >= 0.3 is 0 Å². The van der Waals surface area contributed by atoms with E-state index in [0.717, 1.165) is 11.1 Å². The van der Waals surface area contributed by atoms with Crippen molar-refractivity contribution in [3.8, 4) is 0 Å². The minimum atomic E-state index is 1.09. The lowest BCUT2D eigenvalue weighted by molar-refractivity contribution is 1.54. The van der Waals surface area contributed by atoms with Gasteiger partial charge < -0.3 is 0 Å². The average molecular weight is 236 g/mol. The van der Waals surface area contributed by atoms with Crippen LogP contribution in [0.25, 0.3) is 11.1 Å². The quantitative estimate of drug-likeness (QED) is 0.599. The van der Waals surface area contributed by atoms with Crippen molar-refractivity contribution in [2.45, 2.75) is 13.8 Å². The third-order valence-electron chi connectivity index (χ3n) is 2.70. The van der Waals surface area contributed by atoms with Crippen molar-refractivity contribution < 1.29 is 0 Å². The van der Waals surface area contributed by atoms with Gasteiger partial charge in [-0.2, -0.15) is 0 Å². The largest absolute Gasteiger partial charge is 0.0990 e. The molecule has 0 saturated carbocycles. The van der Waals surface area contributed by atoms with E-state index in [-0.39, 0.29) is 0 Å². The maximum Gasteiger partial charge on any atom is -0.0178 e. The summed E-state index contributed by atoms with van der Waals surface area (Å²) >= 11 is 0. The second kappa shape index (κ2) is 7.29. The van der Waals surface area contributed by atoms with Gasteiger partial charge in [0.05, 0.1) is 0 Å². The summed E-state index contributed by atoms with van der Waals surface area (Å²) in [6, 6.07) is 8.45. The van der Waals surface area contributed by atoms with Crippen molar-refractivity contribution >= 4 is 11.1 Å². The summed E-state index contributed by atoms with van der Waals surface area (Å²) in [4.78, 5) is 0. The molecule has 0 nitrogen and oxygen atoms in total. The molecular formula is C18H20. The van der Waals surface area contributed by atoms with Gasteiger partial charge in [-0.15, -0.1) is 0 Å². The Morgan fingerprint density at radius 1 is 1.06 bits per heavy atom. The highest BCUT2D eigenvalue weighted by atomic mass is 14.1. The third kappa shape index (κ3) is 3.46. The lowest BCUT2D eigenvalue weighted by Gasteiger charge is -2.07. The van der Waals surface area contributed by atoms with Gasteiger partial charge in [0.2, 0.25) is 0 Å². The van der Waals surface area contributed by atoms with Crippen molar-refractivity contribution in [3.05, 3.63) is 85.0 Å². The molecular weight excluding hydrogens is 216 g/mol. The molecule has 18 heavy (non-hydrogen) atoms. The van der Waals surface area contributed by atoms with Gasteiger partial charge in [0.1, 0.15) is 0 Å². The van der Waals surface area contributed by atoms with Gasteiger partial charge in [0.25, 0.3) is 0 Å². The molecule has 0 unspecified atom stereocenters. The number of hydrogen-bond donors (Lipinski definition) is 0.